The molecule has 4 nitrogen and oxygen atoms in total. The number of nitrogens with zero attached hydrogens (tertiary/aromatic N) is 1. The highest BCUT2D eigenvalue weighted by Crippen LogP contribution is 2.23. The van der Waals surface area contributed by atoms with Gasteiger partial charge < -0.3 is 14.8 Å². The Kier molecular flexibility index (Phi) is 4.18. The Hall–Kier alpha value is -1.31. The molecule has 92 valence electrons. The molecule has 1 aliphatic rings. The normalized spacial score (nSPS) is 24.5. The summed E-state index contributed by atoms with van der Waals surface area (Å²) in [4.78, 5) is 0. The Morgan fingerprint density at radius 2 is 2.12 bits per heavy atom. The summed E-state index contributed by atoms with van der Waals surface area (Å²) in [5.74, 6) is 1.67. The first-order valence-corrected chi connectivity index (χ1v) is 6.15. The van der Waals surface area contributed by atoms with Crippen LogP contribution in [0.1, 0.15) is 37.2 Å². The van der Waals surface area contributed by atoms with Crippen LogP contribution in [-0.4, -0.2) is 17.8 Å². The first kappa shape index (κ1) is 12.2. The van der Waals surface area contributed by atoms with E-state index in [9.17, 15) is 0 Å². The number of hydrogen-bond donors (Lipinski definition) is 2. The van der Waals surface area contributed by atoms with Gasteiger partial charge in [-0.2, -0.15) is 5.26 Å². The Morgan fingerprint density at radius 3 is 2.71 bits per heavy atom. The fourth-order valence-electron chi connectivity index (χ4n) is 2.33. The topological polar surface area (TPSA) is 69.2 Å². The van der Waals surface area contributed by atoms with Crippen LogP contribution in [0.3, 0.4) is 0 Å². The van der Waals surface area contributed by atoms with Gasteiger partial charge in [0.2, 0.25) is 5.76 Å². The Morgan fingerprint density at radius 1 is 1.35 bits per heavy atom. The minimum atomic E-state index is 0.316. The van der Waals surface area contributed by atoms with Gasteiger partial charge in [0.25, 0.3) is 0 Å². The molecule has 0 amide bonds. The van der Waals surface area contributed by atoms with Crippen LogP contribution >= 0.6 is 0 Å². The third-order valence-electron chi connectivity index (χ3n) is 3.44. The molecule has 0 aromatic carbocycles. The van der Waals surface area contributed by atoms with Gasteiger partial charge in [-0.3, -0.25) is 0 Å². The van der Waals surface area contributed by atoms with Gasteiger partial charge in [0.1, 0.15) is 11.8 Å². The van der Waals surface area contributed by atoms with E-state index in [1.54, 1.807) is 6.07 Å². The molecular weight excluding hydrogens is 216 g/mol. The molecule has 0 atom stereocenters. The molecule has 0 spiro atoms. The first-order chi connectivity index (χ1) is 8.31. The third-order valence-corrected chi connectivity index (χ3v) is 3.44. The molecule has 1 saturated carbocycles. The van der Waals surface area contributed by atoms with Gasteiger partial charge in [0, 0.05) is 12.6 Å². The molecule has 2 rings (SSSR count). The average molecular weight is 234 g/mol. The summed E-state index contributed by atoms with van der Waals surface area (Å²) < 4.78 is 5.30. The number of aliphatic hydroxyl groups is 1. The molecule has 0 unspecified atom stereocenters. The molecule has 0 radical (unpaired) electrons. The Labute approximate surface area is 101 Å². The highest BCUT2D eigenvalue weighted by molar-refractivity contribution is 5.18. The molecule has 1 aliphatic carbocycles. The molecule has 1 fully saturated rings. The number of rotatable bonds is 4. The van der Waals surface area contributed by atoms with E-state index >= 15 is 0 Å². The van der Waals surface area contributed by atoms with E-state index in [-0.39, 0.29) is 0 Å². The van der Waals surface area contributed by atoms with Crippen molar-refractivity contribution in [2.75, 3.05) is 6.61 Å². The zero-order valence-electron chi connectivity index (χ0n) is 9.85. The van der Waals surface area contributed by atoms with Crippen molar-refractivity contribution in [3.63, 3.8) is 0 Å². The summed E-state index contributed by atoms with van der Waals surface area (Å²) in [6, 6.07) is 6.02. The Balaban J connectivity index is 1.74. The van der Waals surface area contributed by atoms with Gasteiger partial charge in [-0.1, -0.05) is 0 Å². The van der Waals surface area contributed by atoms with Gasteiger partial charge in [0.05, 0.1) is 6.54 Å². The van der Waals surface area contributed by atoms with Crippen molar-refractivity contribution in [1.29, 1.82) is 5.26 Å². The molecule has 0 bridgehead atoms. The minimum Gasteiger partial charge on any atom is -0.449 e. The van der Waals surface area contributed by atoms with Crippen molar-refractivity contribution in [1.82, 2.24) is 5.32 Å². The summed E-state index contributed by atoms with van der Waals surface area (Å²) in [6.07, 6.45) is 4.40. The third kappa shape index (κ3) is 3.32. The summed E-state index contributed by atoms with van der Waals surface area (Å²) in [5.41, 5.74) is 0. The molecule has 1 heterocycles. The monoisotopic (exact) mass is 234 g/mol. The van der Waals surface area contributed by atoms with E-state index in [1.165, 1.54) is 0 Å². The molecule has 4 heteroatoms. The van der Waals surface area contributed by atoms with Crippen molar-refractivity contribution >= 4 is 0 Å². The van der Waals surface area contributed by atoms with Crippen LogP contribution in [0.4, 0.5) is 0 Å². The predicted octanol–water partition coefficient (Wildman–Crippen LogP) is 1.79. The smallest absolute Gasteiger partial charge is 0.203 e. The van der Waals surface area contributed by atoms with E-state index < -0.39 is 0 Å². The van der Waals surface area contributed by atoms with Crippen LogP contribution in [0.25, 0.3) is 0 Å². The van der Waals surface area contributed by atoms with Crippen LogP contribution in [0.2, 0.25) is 0 Å². The van der Waals surface area contributed by atoms with Crippen molar-refractivity contribution in [3.8, 4) is 6.07 Å². The number of nitriles is 1. The number of hydrogen-bond acceptors (Lipinski definition) is 4. The van der Waals surface area contributed by atoms with Crippen molar-refractivity contribution in [2.45, 2.75) is 38.3 Å². The SMILES string of the molecule is N#Cc1ccc(CNC2CCC(CO)CC2)o1. The maximum Gasteiger partial charge on any atom is 0.203 e. The standard InChI is InChI=1S/C13H18N2O2/c14-7-12-5-6-13(17-12)8-15-11-3-1-10(9-16)2-4-11/h5-6,10-11,15-16H,1-4,8-9H2. The fourth-order valence-corrected chi connectivity index (χ4v) is 2.33. The number of nitrogens with one attached hydrogen (secondary N) is 1. The maximum absolute atomic E-state index is 9.05. The van der Waals surface area contributed by atoms with E-state index in [4.69, 9.17) is 14.8 Å². The van der Waals surface area contributed by atoms with Crippen LogP contribution in [0.5, 0.6) is 0 Å². The van der Waals surface area contributed by atoms with Crippen LogP contribution < -0.4 is 5.32 Å². The van der Waals surface area contributed by atoms with Crippen LogP contribution in [0, 0.1) is 17.2 Å². The van der Waals surface area contributed by atoms with E-state index in [1.807, 2.05) is 12.1 Å². The van der Waals surface area contributed by atoms with Gasteiger partial charge >= 0.3 is 0 Å². The Bertz CT molecular complexity index is 386. The van der Waals surface area contributed by atoms with Crippen molar-refractivity contribution < 1.29 is 9.52 Å². The van der Waals surface area contributed by atoms with E-state index in [0.29, 0.717) is 30.9 Å². The highest BCUT2D eigenvalue weighted by Gasteiger charge is 2.20. The lowest BCUT2D eigenvalue weighted by molar-refractivity contribution is 0.174. The summed E-state index contributed by atoms with van der Waals surface area (Å²) in [5, 5.41) is 21.1. The van der Waals surface area contributed by atoms with Gasteiger partial charge in [-0.25, -0.2) is 0 Å². The minimum absolute atomic E-state index is 0.316. The van der Waals surface area contributed by atoms with Crippen LogP contribution in [-0.2, 0) is 6.54 Å². The molecule has 0 saturated heterocycles. The second-order valence-electron chi connectivity index (χ2n) is 4.66. The van der Waals surface area contributed by atoms with Gasteiger partial charge in [0.15, 0.2) is 0 Å². The predicted molar refractivity (Wildman–Crippen MR) is 63.1 cm³/mol. The molecule has 17 heavy (non-hydrogen) atoms. The van der Waals surface area contributed by atoms with Crippen molar-refractivity contribution in [3.05, 3.63) is 23.7 Å². The van der Waals surface area contributed by atoms with E-state index in [2.05, 4.69) is 5.32 Å². The summed E-state index contributed by atoms with van der Waals surface area (Å²) >= 11 is 0. The lowest BCUT2D eigenvalue weighted by Gasteiger charge is -2.27. The second-order valence-corrected chi connectivity index (χ2v) is 4.66. The van der Waals surface area contributed by atoms with Gasteiger partial charge in [-0.05, 0) is 43.7 Å². The zero-order valence-corrected chi connectivity index (χ0v) is 9.85. The van der Waals surface area contributed by atoms with Crippen LogP contribution in [0.15, 0.2) is 16.5 Å². The maximum atomic E-state index is 9.05. The zero-order chi connectivity index (χ0) is 12.1. The quantitative estimate of drug-likeness (QED) is 0.833. The number of aliphatic hydroxyl groups excluding tert-OH is 1. The fraction of sp³-hybridized carbons (Fsp3) is 0.615. The van der Waals surface area contributed by atoms with E-state index in [0.717, 1.165) is 31.4 Å². The lowest BCUT2D eigenvalue weighted by atomic mass is 9.86. The summed E-state index contributed by atoms with van der Waals surface area (Å²) in [7, 11) is 0. The lowest BCUT2D eigenvalue weighted by Crippen LogP contribution is -2.33. The molecular formula is C13H18N2O2. The molecule has 1 aromatic rings. The average Bonchev–Trinajstić information content (AvgIpc) is 2.85. The molecule has 2 N–H and O–H groups in total. The molecule has 0 aliphatic heterocycles. The highest BCUT2D eigenvalue weighted by atomic mass is 16.3. The largest absolute Gasteiger partial charge is 0.449 e. The van der Waals surface area contributed by atoms with Crippen molar-refractivity contribution in [2.24, 2.45) is 5.92 Å². The first-order valence-electron chi connectivity index (χ1n) is 6.15. The molecule has 1 aromatic heterocycles. The number of furan rings is 1. The van der Waals surface area contributed by atoms with Gasteiger partial charge in [-0.15, -0.1) is 0 Å². The second kappa shape index (κ2) is 5.85. The summed E-state index contributed by atoms with van der Waals surface area (Å²) in [6.45, 7) is 0.993.